The summed E-state index contributed by atoms with van der Waals surface area (Å²) in [5, 5.41) is 0. The van der Waals surface area contributed by atoms with E-state index in [9.17, 15) is 9.59 Å². The molecule has 0 unspecified atom stereocenters. The molecule has 0 amide bonds. The number of hydrogen-bond donors (Lipinski definition) is 0. The summed E-state index contributed by atoms with van der Waals surface area (Å²) in [4.78, 5) is 40.3. The van der Waals surface area contributed by atoms with Crippen LogP contribution in [0.25, 0.3) is 0 Å². The van der Waals surface area contributed by atoms with Crippen LogP contribution in [0, 0.1) is 0 Å². The van der Waals surface area contributed by atoms with Crippen LogP contribution in [0.15, 0.2) is 81.1 Å². The van der Waals surface area contributed by atoms with E-state index in [-0.39, 0.29) is 11.6 Å². The molecular formula is C28H32N4O2. The van der Waals surface area contributed by atoms with Crippen LogP contribution in [0.1, 0.15) is 38.5 Å². The van der Waals surface area contributed by atoms with E-state index in [1.54, 1.807) is 12.2 Å². The van der Waals surface area contributed by atoms with Crippen molar-refractivity contribution in [2.45, 2.75) is 38.5 Å². The molecule has 5 rings (SSSR count). The lowest BCUT2D eigenvalue weighted by Gasteiger charge is -2.26. The predicted octanol–water partition coefficient (Wildman–Crippen LogP) is 3.75. The first-order chi connectivity index (χ1) is 16.7. The van der Waals surface area contributed by atoms with Gasteiger partial charge < -0.3 is 0 Å². The zero-order valence-electron chi connectivity index (χ0n) is 19.7. The fourth-order valence-corrected chi connectivity index (χ4v) is 5.14. The quantitative estimate of drug-likeness (QED) is 0.611. The molecule has 1 saturated carbocycles. The smallest absolute Gasteiger partial charge is 0.194 e. The molecule has 6 nitrogen and oxygen atoms in total. The molecule has 3 fully saturated rings. The number of hydrogen-bond acceptors (Lipinski definition) is 6. The van der Waals surface area contributed by atoms with Gasteiger partial charge in [0, 0.05) is 72.0 Å². The zero-order chi connectivity index (χ0) is 23.3. The molecule has 3 aliphatic carbocycles. The van der Waals surface area contributed by atoms with Crippen molar-refractivity contribution in [3.63, 3.8) is 0 Å². The molecule has 0 aromatic heterocycles. The molecule has 176 valence electrons. The van der Waals surface area contributed by atoms with Gasteiger partial charge in [0.1, 0.15) is 0 Å². The molecule has 2 heterocycles. The van der Waals surface area contributed by atoms with E-state index in [4.69, 9.17) is 0 Å². The van der Waals surface area contributed by atoms with Crippen LogP contribution < -0.4 is 0 Å². The Morgan fingerprint density at radius 1 is 0.647 bits per heavy atom. The third kappa shape index (κ3) is 5.08. The minimum absolute atomic E-state index is 0.0887. The number of fused-ring (bicyclic) bond motifs is 2. The molecule has 0 atom stereocenters. The number of carbonyl (C=O) groups excluding carboxylic acids is 2. The first-order valence-corrected chi connectivity index (χ1v) is 12.5. The second-order valence-electron chi connectivity index (χ2n) is 9.44. The van der Waals surface area contributed by atoms with E-state index in [1.165, 1.54) is 25.7 Å². The molecule has 0 aromatic carbocycles. The number of nitrogens with zero attached hydrogens (tertiary/aromatic N) is 4. The van der Waals surface area contributed by atoms with E-state index in [0.29, 0.717) is 35.1 Å². The van der Waals surface area contributed by atoms with Crippen molar-refractivity contribution >= 4 is 23.0 Å². The Morgan fingerprint density at radius 3 is 1.47 bits per heavy atom. The Bertz CT molecular complexity index is 1010. The van der Waals surface area contributed by atoms with Gasteiger partial charge in [-0.3, -0.25) is 29.4 Å². The van der Waals surface area contributed by atoms with Crippen LogP contribution in [0.4, 0.5) is 0 Å². The highest BCUT2D eigenvalue weighted by atomic mass is 16.1. The molecule has 5 aliphatic rings. The third-order valence-electron chi connectivity index (χ3n) is 7.03. The van der Waals surface area contributed by atoms with Gasteiger partial charge in [0.15, 0.2) is 11.6 Å². The Labute approximate surface area is 201 Å². The van der Waals surface area contributed by atoms with Gasteiger partial charge in [0.05, 0.1) is 0 Å². The van der Waals surface area contributed by atoms with Crippen LogP contribution in [0.2, 0.25) is 0 Å². The third-order valence-corrected chi connectivity index (χ3v) is 7.03. The molecular weight excluding hydrogens is 424 g/mol. The standard InChI is InChI=1S/C28H32N4O2/c33-27-24-10-8-22(30-12-6-18-32-15-3-4-16-32)20-26(24)28(34)23-9-7-21(19-25(23)27)29-11-5-17-31-13-1-2-14-31/h5-6,9-12,19-20H,1-4,7-8,13-18H2. The Kier molecular flexibility index (Phi) is 7.07. The lowest BCUT2D eigenvalue weighted by Crippen LogP contribution is -2.29. The number of rotatable bonds is 6. The molecule has 0 N–H and O–H groups in total. The number of Topliss-reactive ketones (excluding diaryl/α,β-unsaturated/α-hetero) is 2. The molecule has 34 heavy (non-hydrogen) atoms. The van der Waals surface area contributed by atoms with Crippen molar-refractivity contribution in [3.8, 4) is 0 Å². The van der Waals surface area contributed by atoms with Crippen molar-refractivity contribution in [2.24, 2.45) is 9.98 Å². The maximum atomic E-state index is 13.2. The highest BCUT2D eigenvalue weighted by Gasteiger charge is 2.37. The average Bonchev–Trinajstić information content (AvgIpc) is 3.57. The van der Waals surface area contributed by atoms with E-state index in [1.807, 2.05) is 24.6 Å². The lowest BCUT2D eigenvalue weighted by molar-refractivity contribution is -0.117. The highest BCUT2D eigenvalue weighted by Crippen LogP contribution is 2.35. The van der Waals surface area contributed by atoms with Gasteiger partial charge in [-0.2, -0.15) is 0 Å². The largest absolute Gasteiger partial charge is 0.300 e. The van der Waals surface area contributed by atoms with E-state index in [0.717, 1.165) is 50.7 Å². The fourth-order valence-electron chi connectivity index (χ4n) is 5.14. The average molecular weight is 457 g/mol. The molecule has 2 aliphatic heterocycles. The maximum Gasteiger partial charge on any atom is 0.194 e. The Morgan fingerprint density at radius 2 is 1.06 bits per heavy atom. The normalized spacial score (nSPS) is 26.4. The van der Waals surface area contributed by atoms with Gasteiger partial charge in [-0.05, 0) is 64.0 Å². The van der Waals surface area contributed by atoms with Crippen LogP contribution in [0.3, 0.4) is 0 Å². The summed E-state index contributed by atoms with van der Waals surface area (Å²) in [5.41, 5.74) is 3.56. The molecule has 0 aromatic rings. The van der Waals surface area contributed by atoms with Crippen LogP contribution in [-0.2, 0) is 9.59 Å². The number of ketones is 2. The number of allylic oxidation sites excluding steroid dienone is 8. The maximum absolute atomic E-state index is 13.2. The van der Waals surface area contributed by atoms with Gasteiger partial charge in [-0.15, -0.1) is 0 Å². The molecule has 0 spiro atoms. The topological polar surface area (TPSA) is 65.3 Å². The summed E-state index contributed by atoms with van der Waals surface area (Å²) in [6.45, 7) is 6.42. The van der Waals surface area contributed by atoms with E-state index < -0.39 is 0 Å². The Hall–Kier alpha value is -2.96. The van der Waals surface area contributed by atoms with Gasteiger partial charge in [0.2, 0.25) is 0 Å². The van der Waals surface area contributed by atoms with Gasteiger partial charge >= 0.3 is 0 Å². The Balaban J connectivity index is 1.26. The zero-order valence-corrected chi connectivity index (χ0v) is 19.7. The minimum Gasteiger partial charge on any atom is -0.300 e. The minimum atomic E-state index is -0.0887. The van der Waals surface area contributed by atoms with Crippen molar-refractivity contribution in [1.29, 1.82) is 0 Å². The number of aliphatic imine (C=N–C) groups is 2. The SMILES string of the molecule is O=C1C2=CCC(=NC=CCN3CCCC3)C=C2C(=O)C2=CCC(=NC=CCN3CCCC3)C=C12. The van der Waals surface area contributed by atoms with Gasteiger partial charge in [0.25, 0.3) is 0 Å². The monoisotopic (exact) mass is 456 g/mol. The van der Waals surface area contributed by atoms with Gasteiger partial charge in [-0.1, -0.05) is 24.3 Å². The summed E-state index contributed by atoms with van der Waals surface area (Å²) >= 11 is 0. The predicted molar refractivity (Wildman–Crippen MR) is 136 cm³/mol. The van der Waals surface area contributed by atoms with Gasteiger partial charge in [-0.25, -0.2) is 0 Å². The summed E-state index contributed by atoms with van der Waals surface area (Å²) in [5.74, 6) is -0.177. The van der Waals surface area contributed by atoms with Crippen molar-refractivity contribution in [3.05, 3.63) is 71.1 Å². The first kappa shape index (κ1) is 22.8. The van der Waals surface area contributed by atoms with Crippen LogP contribution in [0.5, 0.6) is 0 Å². The van der Waals surface area contributed by atoms with Crippen LogP contribution in [-0.4, -0.2) is 72.1 Å². The second-order valence-corrected chi connectivity index (χ2v) is 9.44. The summed E-state index contributed by atoms with van der Waals surface area (Å²) in [6, 6.07) is 0. The fraction of sp³-hybridized carbons (Fsp3) is 0.429. The lowest BCUT2D eigenvalue weighted by atomic mass is 9.75. The number of carbonyl (C=O) groups is 2. The van der Waals surface area contributed by atoms with Crippen LogP contribution >= 0.6 is 0 Å². The van der Waals surface area contributed by atoms with Crippen molar-refractivity contribution in [1.82, 2.24) is 9.80 Å². The van der Waals surface area contributed by atoms with E-state index in [2.05, 4.69) is 31.9 Å². The first-order valence-electron chi connectivity index (χ1n) is 12.5. The molecule has 0 bridgehead atoms. The summed E-state index contributed by atoms with van der Waals surface area (Å²) in [7, 11) is 0. The molecule has 2 saturated heterocycles. The summed E-state index contributed by atoms with van der Waals surface area (Å²) < 4.78 is 0. The highest BCUT2D eigenvalue weighted by molar-refractivity contribution is 6.37. The molecule has 6 heteroatoms. The number of likely N-dealkylation sites (tertiary alicyclic amines) is 2. The molecule has 0 radical (unpaired) electrons. The van der Waals surface area contributed by atoms with Crippen molar-refractivity contribution in [2.75, 3.05) is 39.3 Å². The summed E-state index contributed by atoms with van der Waals surface area (Å²) in [6.07, 6.45) is 21.2. The van der Waals surface area contributed by atoms with E-state index >= 15 is 0 Å². The second kappa shape index (κ2) is 10.5. The van der Waals surface area contributed by atoms with Crippen molar-refractivity contribution < 1.29 is 9.59 Å².